The molecule has 0 aromatic carbocycles. The van der Waals surface area contributed by atoms with Crippen LogP contribution in [0.4, 0.5) is 10.8 Å². The van der Waals surface area contributed by atoms with E-state index in [9.17, 15) is 4.79 Å². The van der Waals surface area contributed by atoms with Gasteiger partial charge in [-0.2, -0.15) is 4.37 Å². The monoisotopic (exact) mass is 283 g/mol. The predicted octanol–water partition coefficient (Wildman–Crippen LogP) is 1.24. The molecule has 1 amide bonds. The number of aryl methyl sites for hydroxylation is 1. The Bertz CT molecular complexity index is 562. The van der Waals surface area contributed by atoms with Crippen LogP contribution < -0.4 is 16.8 Å². The second-order valence-electron chi connectivity index (χ2n) is 3.70. The van der Waals surface area contributed by atoms with E-state index in [1.54, 1.807) is 11.3 Å². The van der Waals surface area contributed by atoms with Crippen LogP contribution in [0.2, 0.25) is 0 Å². The molecule has 0 atom stereocenters. The van der Waals surface area contributed by atoms with Crippen molar-refractivity contribution < 1.29 is 4.79 Å². The standard InChI is InChI=1S/C10H13N5OS2/c1-5-4-17-6(14-5)2-3-13-10-7(9(12)16)8(11)15-18-10/h4,13H,2-3H2,1H3,(H2,11,15)(H2,12,16). The number of rotatable bonds is 5. The fraction of sp³-hybridized carbons (Fsp3) is 0.300. The lowest BCUT2D eigenvalue weighted by Gasteiger charge is -2.03. The van der Waals surface area contributed by atoms with E-state index in [4.69, 9.17) is 11.5 Å². The van der Waals surface area contributed by atoms with Gasteiger partial charge >= 0.3 is 0 Å². The Kier molecular flexibility index (Phi) is 3.78. The zero-order valence-electron chi connectivity index (χ0n) is 9.77. The maximum absolute atomic E-state index is 11.2. The normalized spacial score (nSPS) is 10.5. The number of primary amides is 1. The van der Waals surface area contributed by atoms with Crippen LogP contribution in [0.15, 0.2) is 5.38 Å². The van der Waals surface area contributed by atoms with Gasteiger partial charge in [0.1, 0.15) is 10.6 Å². The molecule has 0 aliphatic rings. The van der Waals surface area contributed by atoms with Gasteiger partial charge in [0.05, 0.1) is 5.01 Å². The summed E-state index contributed by atoms with van der Waals surface area (Å²) in [5.41, 5.74) is 12.1. The number of amides is 1. The molecule has 0 saturated heterocycles. The molecule has 0 aliphatic heterocycles. The molecule has 0 unspecified atom stereocenters. The first kappa shape index (κ1) is 12.8. The second kappa shape index (κ2) is 5.32. The van der Waals surface area contributed by atoms with Crippen molar-refractivity contribution in [1.82, 2.24) is 9.36 Å². The van der Waals surface area contributed by atoms with Gasteiger partial charge in [-0.15, -0.1) is 11.3 Å². The molecule has 8 heteroatoms. The van der Waals surface area contributed by atoms with Crippen molar-refractivity contribution in [2.45, 2.75) is 13.3 Å². The third-order valence-corrected chi connectivity index (χ3v) is 4.10. The summed E-state index contributed by atoms with van der Waals surface area (Å²) in [6, 6.07) is 0. The van der Waals surface area contributed by atoms with Crippen molar-refractivity contribution in [1.29, 1.82) is 0 Å². The van der Waals surface area contributed by atoms with E-state index >= 15 is 0 Å². The molecule has 2 rings (SSSR count). The number of nitrogens with zero attached hydrogens (tertiary/aromatic N) is 2. The number of nitrogens with two attached hydrogens (primary N) is 2. The van der Waals surface area contributed by atoms with E-state index in [0.717, 1.165) is 28.7 Å². The van der Waals surface area contributed by atoms with E-state index in [1.165, 1.54) is 0 Å². The van der Waals surface area contributed by atoms with E-state index < -0.39 is 5.91 Å². The highest BCUT2D eigenvalue weighted by Gasteiger charge is 2.16. The number of nitrogen functional groups attached to an aromatic ring is 1. The highest BCUT2D eigenvalue weighted by molar-refractivity contribution is 7.11. The maximum atomic E-state index is 11.2. The van der Waals surface area contributed by atoms with Gasteiger partial charge in [0.25, 0.3) is 5.91 Å². The number of aromatic nitrogens is 2. The van der Waals surface area contributed by atoms with Crippen LogP contribution in [-0.4, -0.2) is 21.8 Å². The summed E-state index contributed by atoms with van der Waals surface area (Å²) < 4.78 is 3.91. The predicted molar refractivity (Wildman–Crippen MR) is 74.1 cm³/mol. The minimum absolute atomic E-state index is 0.181. The fourth-order valence-electron chi connectivity index (χ4n) is 1.46. The lowest BCUT2D eigenvalue weighted by atomic mass is 10.3. The molecular weight excluding hydrogens is 270 g/mol. The van der Waals surface area contributed by atoms with E-state index in [2.05, 4.69) is 14.7 Å². The third-order valence-electron chi connectivity index (χ3n) is 2.26. The average molecular weight is 283 g/mol. The summed E-state index contributed by atoms with van der Waals surface area (Å²) in [5, 5.41) is 6.80. The van der Waals surface area contributed by atoms with Gasteiger partial charge in [-0.1, -0.05) is 0 Å². The molecule has 96 valence electrons. The van der Waals surface area contributed by atoms with Crippen LogP contribution in [0, 0.1) is 6.92 Å². The lowest BCUT2D eigenvalue weighted by molar-refractivity contribution is 0.100. The number of thiazole rings is 1. The molecule has 2 aromatic rings. The van der Waals surface area contributed by atoms with Crippen LogP contribution in [0.3, 0.4) is 0 Å². The van der Waals surface area contributed by atoms with Crippen LogP contribution in [0.1, 0.15) is 21.1 Å². The highest BCUT2D eigenvalue weighted by Crippen LogP contribution is 2.26. The van der Waals surface area contributed by atoms with E-state index in [1.807, 2.05) is 12.3 Å². The van der Waals surface area contributed by atoms with Crippen molar-refractivity contribution in [3.63, 3.8) is 0 Å². The van der Waals surface area contributed by atoms with Crippen LogP contribution in [0.25, 0.3) is 0 Å². The molecule has 0 aliphatic carbocycles. The number of carbonyl (C=O) groups is 1. The molecule has 0 radical (unpaired) electrons. The summed E-state index contributed by atoms with van der Waals surface area (Å²) >= 11 is 2.76. The van der Waals surface area contributed by atoms with E-state index in [-0.39, 0.29) is 11.4 Å². The molecule has 0 spiro atoms. The van der Waals surface area contributed by atoms with Gasteiger partial charge in [-0.25, -0.2) is 4.98 Å². The Labute approximate surface area is 112 Å². The molecule has 5 N–H and O–H groups in total. The molecule has 0 bridgehead atoms. The first-order valence-electron chi connectivity index (χ1n) is 5.27. The molecule has 18 heavy (non-hydrogen) atoms. The Morgan fingerprint density at radius 3 is 2.94 bits per heavy atom. The summed E-state index contributed by atoms with van der Waals surface area (Å²) in [7, 11) is 0. The van der Waals surface area contributed by atoms with Crippen molar-refractivity contribution in [3.05, 3.63) is 21.6 Å². The number of hydrogen-bond donors (Lipinski definition) is 3. The van der Waals surface area contributed by atoms with Gasteiger partial charge < -0.3 is 16.8 Å². The van der Waals surface area contributed by atoms with Gasteiger partial charge in [0, 0.05) is 24.0 Å². The molecule has 0 saturated carbocycles. The average Bonchev–Trinajstić information content (AvgIpc) is 2.86. The van der Waals surface area contributed by atoms with E-state index in [0.29, 0.717) is 11.5 Å². The lowest BCUT2D eigenvalue weighted by Crippen LogP contribution is -2.15. The van der Waals surface area contributed by atoms with Crippen LogP contribution in [-0.2, 0) is 6.42 Å². The van der Waals surface area contributed by atoms with Crippen LogP contribution >= 0.6 is 22.9 Å². The topological polar surface area (TPSA) is 107 Å². The smallest absolute Gasteiger partial charge is 0.255 e. The zero-order chi connectivity index (χ0) is 13.1. The minimum atomic E-state index is -0.561. The fourth-order valence-corrected chi connectivity index (χ4v) is 2.98. The largest absolute Gasteiger partial charge is 0.382 e. The molecule has 6 nitrogen and oxygen atoms in total. The Balaban J connectivity index is 1.96. The van der Waals surface area contributed by atoms with Crippen molar-refractivity contribution in [2.24, 2.45) is 5.73 Å². The van der Waals surface area contributed by atoms with Crippen molar-refractivity contribution >= 4 is 39.6 Å². The number of nitrogens with one attached hydrogen (secondary N) is 1. The molecule has 0 fully saturated rings. The minimum Gasteiger partial charge on any atom is -0.382 e. The third kappa shape index (κ3) is 2.77. The summed E-state index contributed by atoms with van der Waals surface area (Å²) in [5.74, 6) is -0.381. The van der Waals surface area contributed by atoms with Gasteiger partial charge in [0.2, 0.25) is 0 Å². The van der Waals surface area contributed by atoms with Crippen LogP contribution in [0.5, 0.6) is 0 Å². The molecule has 2 aromatic heterocycles. The maximum Gasteiger partial charge on any atom is 0.255 e. The Morgan fingerprint density at radius 2 is 2.33 bits per heavy atom. The summed E-state index contributed by atoms with van der Waals surface area (Å²) in [6.07, 6.45) is 0.786. The quantitative estimate of drug-likeness (QED) is 0.765. The summed E-state index contributed by atoms with van der Waals surface area (Å²) in [4.78, 5) is 15.6. The van der Waals surface area contributed by atoms with Gasteiger partial charge in [0.15, 0.2) is 5.82 Å². The molecule has 2 heterocycles. The second-order valence-corrected chi connectivity index (χ2v) is 5.41. The zero-order valence-corrected chi connectivity index (χ0v) is 11.4. The first-order valence-corrected chi connectivity index (χ1v) is 6.93. The highest BCUT2D eigenvalue weighted by atomic mass is 32.1. The van der Waals surface area contributed by atoms with Crippen molar-refractivity contribution in [3.8, 4) is 0 Å². The number of anilines is 2. The van der Waals surface area contributed by atoms with Gasteiger partial charge in [-0.3, -0.25) is 4.79 Å². The Hall–Kier alpha value is -1.67. The SMILES string of the molecule is Cc1csc(CCNc2snc(N)c2C(N)=O)n1. The molecular formula is C10H13N5OS2. The first-order chi connectivity index (χ1) is 8.58. The summed E-state index contributed by atoms with van der Waals surface area (Å²) in [6.45, 7) is 2.62. The Morgan fingerprint density at radius 1 is 1.56 bits per heavy atom. The van der Waals surface area contributed by atoms with Gasteiger partial charge in [-0.05, 0) is 18.5 Å². The van der Waals surface area contributed by atoms with Crippen molar-refractivity contribution in [2.75, 3.05) is 17.6 Å². The number of hydrogen-bond acceptors (Lipinski definition) is 7. The number of carbonyl (C=O) groups excluding carboxylic acids is 1.